The van der Waals surface area contributed by atoms with Crippen molar-refractivity contribution in [1.82, 2.24) is 30.2 Å². The van der Waals surface area contributed by atoms with Crippen molar-refractivity contribution < 1.29 is 9.18 Å². The van der Waals surface area contributed by atoms with Gasteiger partial charge in [-0.25, -0.2) is 14.4 Å². The first-order chi connectivity index (χ1) is 17.0. The highest BCUT2D eigenvalue weighted by Crippen LogP contribution is 2.34. The van der Waals surface area contributed by atoms with E-state index < -0.39 is 0 Å². The van der Waals surface area contributed by atoms with Crippen molar-refractivity contribution in [2.45, 2.75) is 19.4 Å². The first-order valence-electron chi connectivity index (χ1n) is 11.5. The van der Waals surface area contributed by atoms with Crippen LogP contribution in [0, 0.1) is 5.82 Å². The summed E-state index contributed by atoms with van der Waals surface area (Å²) in [6, 6.07) is 10.6. The number of halogens is 1. The second kappa shape index (κ2) is 9.59. The van der Waals surface area contributed by atoms with E-state index in [9.17, 15) is 9.18 Å². The highest BCUT2D eigenvalue weighted by molar-refractivity contribution is 7.14. The fourth-order valence-electron chi connectivity index (χ4n) is 4.08. The second-order valence-corrected chi connectivity index (χ2v) is 9.27. The van der Waals surface area contributed by atoms with Gasteiger partial charge in [0.05, 0.1) is 17.9 Å². The van der Waals surface area contributed by atoms with Gasteiger partial charge in [0.2, 0.25) is 5.91 Å². The summed E-state index contributed by atoms with van der Waals surface area (Å²) in [6.45, 7) is 3.95. The standard InChI is InChI=1S/C24H27FN8OS/c1-4-18-23(31(3)24-29-19(14-35-24)15-5-7-16(25)8-6-15)33-20(28-18)9-10-21(30-33)32-12-17(13-32)27-11-22(34)26-2/h5-10,14,17,27H,4,11-13H2,1-3H3,(H,26,34). The third kappa shape index (κ3) is 4.56. The van der Waals surface area contributed by atoms with E-state index in [0.29, 0.717) is 6.54 Å². The van der Waals surface area contributed by atoms with Gasteiger partial charge in [-0.1, -0.05) is 6.92 Å². The lowest BCUT2D eigenvalue weighted by atomic mass is 10.1. The Morgan fingerprint density at radius 3 is 2.69 bits per heavy atom. The quantitative estimate of drug-likeness (QED) is 0.389. The van der Waals surface area contributed by atoms with E-state index in [4.69, 9.17) is 15.1 Å². The number of anilines is 3. The maximum absolute atomic E-state index is 13.3. The first kappa shape index (κ1) is 23.2. The predicted octanol–water partition coefficient (Wildman–Crippen LogP) is 2.85. The molecule has 2 N–H and O–H groups in total. The Labute approximate surface area is 206 Å². The van der Waals surface area contributed by atoms with Gasteiger partial charge in [-0.2, -0.15) is 4.52 Å². The number of aryl methyl sites for hydroxylation is 1. The van der Waals surface area contributed by atoms with Crippen molar-refractivity contribution in [3.8, 4) is 11.3 Å². The highest BCUT2D eigenvalue weighted by atomic mass is 32.1. The van der Waals surface area contributed by atoms with Crippen LogP contribution in [0.1, 0.15) is 12.6 Å². The number of carbonyl (C=O) groups excluding carboxylic acids is 1. The topological polar surface area (TPSA) is 90.7 Å². The molecule has 0 aliphatic carbocycles. The second-order valence-electron chi connectivity index (χ2n) is 8.43. The zero-order valence-electron chi connectivity index (χ0n) is 19.8. The average Bonchev–Trinajstić information content (AvgIpc) is 3.48. The Bertz CT molecular complexity index is 1350. The van der Waals surface area contributed by atoms with Crippen LogP contribution in [-0.4, -0.2) is 65.3 Å². The molecule has 4 heterocycles. The molecule has 1 aliphatic rings. The molecule has 0 unspecified atom stereocenters. The van der Waals surface area contributed by atoms with Gasteiger partial charge in [0.25, 0.3) is 0 Å². The van der Waals surface area contributed by atoms with E-state index in [2.05, 4.69) is 22.5 Å². The largest absolute Gasteiger partial charge is 0.358 e. The lowest BCUT2D eigenvalue weighted by Crippen LogP contribution is -2.59. The van der Waals surface area contributed by atoms with Crippen molar-refractivity contribution in [3.05, 3.63) is 53.3 Å². The third-order valence-corrected chi connectivity index (χ3v) is 7.03. The number of carbonyl (C=O) groups is 1. The number of hydrogen-bond acceptors (Lipinski definition) is 8. The number of thiazole rings is 1. The number of nitrogens with one attached hydrogen (secondary N) is 2. The van der Waals surface area contributed by atoms with Crippen LogP contribution in [-0.2, 0) is 11.2 Å². The van der Waals surface area contributed by atoms with Crippen molar-refractivity contribution in [2.75, 3.05) is 43.5 Å². The minimum absolute atomic E-state index is 0.0223. The van der Waals surface area contributed by atoms with Gasteiger partial charge in [-0.05, 0) is 42.8 Å². The summed E-state index contributed by atoms with van der Waals surface area (Å²) in [7, 11) is 3.60. The number of fused-ring (bicyclic) bond motifs is 1. The normalized spacial score (nSPS) is 13.8. The molecule has 9 nitrogen and oxygen atoms in total. The zero-order valence-corrected chi connectivity index (χ0v) is 20.6. The lowest BCUT2D eigenvalue weighted by molar-refractivity contribution is -0.119. The van der Waals surface area contributed by atoms with Gasteiger partial charge < -0.3 is 20.4 Å². The van der Waals surface area contributed by atoms with E-state index in [1.54, 1.807) is 19.2 Å². The summed E-state index contributed by atoms with van der Waals surface area (Å²) in [4.78, 5) is 25.2. The maximum atomic E-state index is 13.3. The Balaban J connectivity index is 1.39. The van der Waals surface area contributed by atoms with E-state index in [-0.39, 0.29) is 17.8 Å². The molecule has 11 heteroatoms. The molecule has 35 heavy (non-hydrogen) atoms. The number of amides is 1. The van der Waals surface area contributed by atoms with Crippen LogP contribution in [0.25, 0.3) is 16.9 Å². The first-order valence-corrected chi connectivity index (χ1v) is 12.4. The Hall–Kier alpha value is -3.57. The number of benzene rings is 1. The van der Waals surface area contributed by atoms with Crippen LogP contribution >= 0.6 is 11.3 Å². The third-order valence-electron chi connectivity index (χ3n) is 6.12. The van der Waals surface area contributed by atoms with Crippen molar-refractivity contribution in [2.24, 2.45) is 0 Å². The van der Waals surface area contributed by atoms with Crippen LogP contribution in [0.4, 0.5) is 21.2 Å². The van der Waals surface area contributed by atoms with Gasteiger partial charge in [0.15, 0.2) is 16.6 Å². The fraction of sp³-hybridized carbons (Fsp3) is 0.333. The number of likely N-dealkylation sites (N-methyl/N-ethyl adjacent to an activating group) is 1. The summed E-state index contributed by atoms with van der Waals surface area (Å²) in [5, 5.41) is 13.5. The number of hydrogen-bond donors (Lipinski definition) is 2. The van der Waals surface area contributed by atoms with E-state index in [0.717, 1.165) is 58.9 Å². The molecule has 0 spiro atoms. The molecule has 1 fully saturated rings. The SMILES string of the molecule is CCc1nc2ccc(N3CC(NCC(=O)NC)C3)nn2c1N(C)c1nc(-c2ccc(F)cc2)cs1. The van der Waals surface area contributed by atoms with Crippen LogP contribution in [0.2, 0.25) is 0 Å². The fourth-order valence-corrected chi connectivity index (χ4v) is 4.88. The Morgan fingerprint density at radius 1 is 1.20 bits per heavy atom. The molecule has 5 rings (SSSR count). The molecule has 0 saturated carbocycles. The summed E-state index contributed by atoms with van der Waals surface area (Å²) in [5.74, 6) is 1.44. The summed E-state index contributed by atoms with van der Waals surface area (Å²) >= 11 is 1.52. The number of imidazole rings is 1. The summed E-state index contributed by atoms with van der Waals surface area (Å²) in [6.07, 6.45) is 0.754. The number of nitrogens with zero attached hydrogens (tertiary/aromatic N) is 6. The zero-order chi connectivity index (χ0) is 24.5. The minimum Gasteiger partial charge on any atom is -0.358 e. The van der Waals surface area contributed by atoms with E-state index >= 15 is 0 Å². The van der Waals surface area contributed by atoms with Crippen molar-refractivity contribution >= 4 is 39.7 Å². The molecule has 1 aliphatic heterocycles. The molecule has 1 aromatic carbocycles. The number of rotatable bonds is 8. The molecule has 0 bridgehead atoms. The van der Waals surface area contributed by atoms with Gasteiger partial charge in [-0.3, -0.25) is 4.79 Å². The lowest BCUT2D eigenvalue weighted by Gasteiger charge is -2.40. The summed E-state index contributed by atoms with van der Waals surface area (Å²) in [5.41, 5.74) is 3.38. The van der Waals surface area contributed by atoms with E-state index in [1.165, 1.54) is 23.5 Å². The highest BCUT2D eigenvalue weighted by Gasteiger charge is 2.29. The molecule has 0 radical (unpaired) electrons. The molecular formula is C24H27FN8OS. The average molecular weight is 495 g/mol. The summed E-state index contributed by atoms with van der Waals surface area (Å²) < 4.78 is 15.2. The van der Waals surface area contributed by atoms with Crippen molar-refractivity contribution in [1.29, 1.82) is 0 Å². The molecule has 0 atom stereocenters. The smallest absolute Gasteiger partial charge is 0.233 e. The number of aromatic nitrogens is 4. The monoisotopic (exact) mass is 494 g/mol. The molecular weight excluding hydrogens is 467 g/mol. The molecule has 182 valence electrons. The molecule has 3 aromatic heterocycles. The van der Waals surface area contributed by atoms with Crippen LogP contribution in [0.15, 0.2) is 41.8 Å². The van der Waals surface area contributed by atoms with Crippen molar-refractivity contribution in [3.63, 3.8) is 0 Å². The minimum atomic E-state index is -0.266. The van der Waals surface area contributed by atoms with Crippen LogP contribution < -0.4 is 20.4 Å². The Kier molecular flexibility index (Phi) is 6.35. The van der Waals surface area contributed by atoms with Gasteiger partial charge in [0.1, 0.15) is 11.6 Å². The van der Waals surface area contributed by atoms with Gasteiger partial charge >= 0.3 is 0 Å². The van der Waals surface area contributed by atoms with Crippen LogP contribution in [0.5, 0.6) is 0 Å². The van der Waals surface area contributed by atoms with Crippen LogP contribution in [0.3, 0.4) is 0 Å². The predicted molar refractivity (Wildman–Crippen MR) is 136 cm³/mol. The Morgan fingerprint density at radius 2 is 1.97 bits per heavy atom. The van der Waals surface area contributed by atoms with Gasteiger partial charge in [-0.15, -0.1) is 16.4 Å². The maximum Gasteiger partial charge on any atom is 0.233 e. The molecule has 1 saturated heterocycles. The molecule has 1 amide bonds. The van der Waals surface area contributed by atoms with Gasteiger partial charge in [0, 0.05) is 44.2 Å². The van der Waals surface area contributed by atoms with E-state index in [1.807, 2.05) is 34.0 Å². The molecule has 4 aromatic rings.